The van der Waals surface area contributed by atoms with Crippen LogP contribution in [0.2, 0.25) is 0 Å². The van der Waals surface area contributed by atoms with Crippen LogP contribution in [0.1, 0.15) is 15.9 Å². The number of rotatable bonds is 7. The third-order valence-corrected chi connectivity index (χ3v) is 4.36. The van der Waals surface area contributed by atoms with Crippen LogP contribution in [0.3, 0.4) is 0 Å². The van der Waals surface area contributed by atoms with E-state index in [1.807, 2.05) is 0 Å². The molecule has 0 unspecified atom stereocenters. The third-order valence-electron chi connectivity index (χ3n) is 3.35. The maximum Gasteiger partial charge on any atom is 0.328 e. The minimum atomic E-state index is -1.02. The zero-order valence-electron chi connectivity index (χ0n) is 14.1. The van der Waals surface area contributed by atoms with Crippen LogP contribution in [0.25, 0.3) is 6.08 Å². The highest BCUT2D eigenvalue weighted by Gasteiger charge is 2.07. The fourth-order valence-corrected chi connectivity index (χ4v) is 2.76. The molecule has 0 aliphatic heterocycles. The first-order chi connectivity index (χ1) is 13.0. The number of nitrogens with one attached hydrogen (secondary N) is 2. The van der Waals surface area contributed by atoms with Gasteiger partial charge in [-0.3, -0.25) is 4.79 Å². The molecule has 0 radical (unpaired) electrons. The van der Waals surface area contributed by atoms with Gasteiger partial charge >= 0.3 is 5.97 Å². The average molecular weight is 383 g/mol. The van der Waals surface area contributed by atoms with Gasteiger partial charge in [0.1, 0.15) is 0 Å². The number of amides is 1. The lowest BCUT2D eigenvalue weighted by Gasteiger charge is -2.07. The number of benzene rings is 2. The molecule has 0 saturated carbocycles. The molecule has 0 aliphatic carbocycles. The molecule has 2 rings (SSSR count). The number of nitrogens with two attached hydrogens (primary N) is 1. The summed E-state index contributed by atoms with van der Waals surface area (Å²) in [5.74, 6) is 4.42. The quantitative estimate of drug-likeness (QED) is 0.110. The van der Waals surface area contributed by atoms with Crippen LogP contribution in [0.4, 0.5) is 5.69 Å². The van der Waals surface area contributed by atoms with Crippen molar-refractivity contribution in [2.45, 2.75) is 4.90 Å². The Morgan fingerprint density at radius 1 is 1.15 bits per heavy atom. The van der Waals surface area contributed by atoms with Crippen molar-refractivity contribution >= 4 is 41.2 Å². The van der Waals surface area contributed by atoms with E-state index >= 15 is 0 Å². The zero-order valence-corrected chi connectivity index (χ0v) is 14.9. The van der Waals surface area contributed by atoms with Gasteiger partial charge in [-0.25, -0.2) is 10.3 Å². The van der Waals surface area contributed by atoms with Crippen molar-refractivity contribution in [3.63, 3.8) is 0 Å². The number of nitrogens with zero attached hydrogens (tertiary/aromatic N) is 2. The Hall–Kier alpha value is -3.46. The third kappa shape index (κ3) is 6.40. The number of hydrazone groups is 1. The Labute approximate surface area is 159 Å². The summed E-state index contributed by atoms with van der Waals surface area (Å²) in [6.45, 7) is 0. The Bertz CT molecular complexity index is 877. The first kappa shape index (κ1) is 19.9. The molecule has 27 heavy (non-hydrogen) atoms. The molecular formula is C18H17N5O3S. The Balaban J connectivity index is 1.95. The minimum absolute atomic E-state index is 0.225. The zero-order chi connectivity index (χ0) is 19.6. The molecule has 0 atom stereocenters. The van der Waals surface area contributed by atoms with Crippen molar-refractivity contribution in [3.05, 3.63) is 65.7 Å². The van der Waals surface area contributed by atoms with Crippen molar-refractivity contribution in [2.75, 3.05) is 11.1 Å². The molecule has 1 amide bonds. The molecule has 0 aromatic heterocycles. The first-order valence-electron chi connectivity index (χ1n) is 7.71. The van der Waals surface area contributed by atoms with Crippen LogP contribution in [0, 0.1) is 5.53 Å². The molecule has 8 nitrogen and oxygen atoms in total. The molecule has 0 aliphatic rings. The van der Waals surface area contributed by atoms with E-state index in [0.29, 0.717) is 17.0 Å². The van der Waals surface area contributed by atoms with Gasteiger partial charge in [0.15, 0.2) is 5.84 Å². The minimum Gasteiger partial charge on any atom is -0.478 e. The normalized spacial score (nSPS) is 11.3. The number of carboxylic acids is 1. The van der Waals surface area contributed by atoms with E-state index < -0.39 is 5.97 Å². The molecule has 5 N–H and O–H groups in total. The van der Waals surface area contributed by atoms with Gasteiger partial charge in [-0.05, 0) is 48.0 Å². The largest absolute Gasteiger partial charge is 0.478 e. The molecule has 2 aromatic carbocycles. The molecule has 0 spiro atoms. The van der Waals surface area contributed by atoms with E-state index in [2.05, 4.69) is 15.5 Å². The van der Waals surface area contributed by atoms with Crippen LogP contribution in [0.15, 0.2) is 69.7 Å². The van der Waals surface area contributed by atoms with Crippen molar-refractivity contribution in [1.82, 2.24) is 0 Å². The van der Waals surface area contributed by atoms with Crippen LogP contribution >= 0.6 is 11.8 Å². The lowest BCUT2D eigenvalue weighted by molar-refractivity contribution is -0.131. The number of amidine groups is 1. The molecule has 0 saturated heterocycles. The van der Waals surface area contributed by atoms with Crippen molar-refractivity contribution in [1.29, 1.82) is 5.53 Å². The van der Waals surface area contributed by atoms with Gasteiger partial charge in [0.2, 0.25) is 0 Å². The molecule has 2 aromatic rings. The Morgan fingerprint density at radius 2 is 1.81 bits per heavy atom. The number of thioether (sulfide) groups is 1. The van der Waals surface area contributed by atoms with Gasteiger partial charge in [-0.15, -0.1) is 16.9 Å². The predicted molar refractivity (Wildman–Crippen MR) is 105 cm³/mol. The van der Waals surface area contributed by atoms with E-state index in [0.717, 1.165) is 16.5 Å². The van der Waals surface area contributed by atoms with Gasteiger partial charge in [-0.2, -0.15) is 5.10 Å². The van der Waals surface area contributed by atoms with E-state index in [9.17, 15) is 9.59 Å². The number of aliphatic carboxylic acids is 1. The lowest BCUT2D eigenvalue weighted by Crippen LogP contribution is -2.11. The highest BCUT2D eigenvalue weighted by molar-refractivity contribution is 8.00. The van der Waals surface area contributed by atoms with Crippen molar-refractivity contribution in [3.8, 4) is 0 Å². The van der Waals surface area contributed by atoms with E-state index in [4.69, 9.17) is 16.5 Å². The maximum absolute atomic E-state index is 12.3. The molecule has 0 fully saturated rings. The Morgan fingerprint density at radius 3 is 2.37 bits per heavy atom. The standard InChI is InChI=1S/C18H17N5O3S/c19-22-16(23-20)11-27-15-8-4-13(5-9-15)18(26)21-14-6-1-12(2-7-14)3-10-17(24)25/h1-10,19H,11,20H2,(H,21,26)(H,24,25)/b10-3+,22-19?,23-16-. The second kappa shape index (κ2) is 9.88. The van der Waals surface area contributed by atoms with E-state index in [1.165, 1.54) is 17.8 Å². The number of carbonyl (C=O) groups excluding carboxylic acids is 1. The second-order valence-electron chi connectivity index (χ2n) is 5.22. The van der Waals surface area contributed by atoms with Gasteiger partial charge in [0.05, 0.1) is 5.75 Å². The summed E-state index contributed by atoms with van der Waals surface area (Å²) in [5, 5.41) is 18.0. The van der Waals surface area contributed by atoms with Crippen LogP contribution < -0.4 is 11.2 Å². The molecule has 0 bridgehead atoms. The summed E-state index contributed by atoms with van der Waals surface area (Å²) in [6, 6.07) is 13.8. The number of carboxylic acid groups (broad SMARTS) is 1. The fourth-order valence-electron chi connectivity index (χ4n) is 2.00. The van der Waals surface area contributed by atoms with Gasteiger partial charge in [0.25, 0.3) is 5.91 Å². The van der Waals surface area contributed by atoms with E-state index in [1.54, 1.807) is 48.5 Å². The lowest BCUT2D eigenvalue weighted by atomic mass is 10.1. The van der Waals surface area contributed by atoms with Crippen LogP contribution in [-0.4, -0.2) is 28.6 Å². The van der Waals surface area contributed by atoms with Crippen LogP contribution in [0.5, 0.6) is 0 Å². The average Bonchev–Trinajstić information content (AvgIpc) is 2.68. The highest BCUT2D eigenvalue weighted by Crippen LogP contribution is 2.19. The summed E-state index contributed by atoms with van der Waals surface area (Å²) in [6.07, 6.45) is 2.52. The molecule has 138 valence electrons. The number of hydrogen-bond donors (Lipinski definition) is 4. The second-order valence-corrected chi connectivity index (χ2v) is 6.27. The topological polar surface area (TPSA) is 141 Å². The molecule has 0 heterocycles. The maximum atomic E-state index is 12.3. The predicted octanol–water partition coefficient (Wildman–Crippen LogP) is 3.43. The first-order valence-corrected chi connectivity index (χ1v) is 8.70. The summed E-state index contributed by atoms with van der Waals surface area (Å²) >= 11 is 1.41. The monoisotopic (exact) mass is 383 g/mol. The van der Waals surface area contributed by atoms with Gasteiger partial charge in [0, 0.05) is 22.2 Å². The smallest absolute Gasteiger partial charge is 0.328 e. The molecule has 9 heteroatoms. The summed E-state index contributed by atoms with van der Waals surface area (Å²) in [4.78, 5) is 23.7. The fraction of sp³-hybridized carbons (Fsp3) is 0.0556. The van der Waals surface area contributed by atoms with Crippen LogP contribution in [-0.2, 0) is 4.79 Å². The summed E-state index contributed by atoms with van der Waals surface area (Å²) in [5.41, 5.74) is 8.71. The number of hydrogen-bond acceptors (Lipinski definition) is 6. The van der Waals surface area contributed by atoms with Gasteiger partial charge in [-0.1, -0.05) is 12.1 Å². The highest BCUT2D eigenvalue weighted by atomic mass is 32.2. The van der Waals surface area contributed by atoms with Crippen molar-refractivity contribution < 1.29 is 14.7 Å². The van der Waals surface area contributed by atoms with Gasteiger partial charge < -0.3 is 16.3 Å². The molecular weight excluding hydrogens is 366 g/mol. The van der Waals surface area contributed by atoms with Crippen molar-refractivity contribution in [2.24, 2.45) is 16.1 Å². The number of anilines is 1. The van der Waals surface area contributed by atoms with E-state index in [-0.39, 0.29) is 11.7 Å². The SMILES string of the molecule is N=N/C(CSc1ccc(C(=O)Nc2ccc(/C=C/C(=O)O)cc2)cc1)=N\N. The summed E-state index contributed by atoms with van der Waals surface area (Å²) in [7, 11) is 0. The number of carbonyl (C=O) groups is 2. The Kier molecular flexibility index (Phi) is 7.26. The summed E-state index contributed by atoms with van der Waals surface area (Å²) < 4.78 is 0.